The molecular weight excluding hydrogens is 276 g/mol. The molecule has 1 saturated heterocycles. The lowest BCUT2D eigenvalue weighted by molar-refractivity contribution is -0.132. The fourth-order valence-corrected chi connectivity index (χ4v) is 2.48. The summed E-state index contributed by atoms with van der Waals surface area (Å²) in [4.78, 5) is 24.1. The van der Waals surface area contributed by atoms with Crippen LogP contribution in [0.15, 0.2) is 18.3 Å². The fraction of sp³-hybridized carbons (Fsp3) is 0.588. The molecule has 1 fully saturated rings. The molecule has 1 amide bonds. The molecule has 1 aliphatic heterocycles. The highest BCUT2D eigenvalue weighted by molar-refractivity contribution is 5.76. The van der Waals surface area contributed by atoms with Crippen LogP contribution in [-0.4, -0.2) is 42.0 Å². The van der Waals surface area contributed by atoms with Crippen molar-refractivity contribution in [2.75, 3.05) is 31.1 Å². The van der Waals surface area contributed by atoms with Crippen molar-refractivity contribution in [2.45, 2.75) is 33.6 Å². The predicted octanol–water partition coefficient (Wildman–Crippen LogP) is 3.11. The number of hydrogen-bond acceptors (Lipinski definition) is 3. The zero-order chi connectivity index (χ0) is 16.2. The molecule has 0 spiro atoms. The van der Waals surface area contributed by atoms with Gasteiger partial charge in [0.2, 0.25) is 5.91 Å². The minimum atomic E-state index is 0.196. The molecule has 0 aliphatic carbocycles. The van der Waals surface area contributed by atoms with Gasteiger partial charge in [0, 0.05) is 38.8 Å². The van der Waals surface area contributed by atoms with Gasteiger partial charge in [-0.1, -0.05) is 20.8 Å². The van der Waals surface area contributed by atoms with Gasteiger partial charge in [-0.05, 0) is 24.0 Å². The molecule has 2 heterocycles. The number of carbonyl (C=O) groups excluding carboxylic acids is 1. The van der Waals surface area contributed by atoms with Crippen molar-refractivity contribution in [2.24, 2.45) is 5.41 Å². The Labute approximate surface area is 132 Å². The van der Waals surface area contributed by atoms with Crippen molar-refractivity contribution in [3.05, 3.63) is 29.7 Å². The third kappa shape index (κ3) is 4.45. The van der Waals surface area contributed by atoms with Crippen molar-refractivity contribution in [3.8, 4) is 0 Å². The van der Waals surface area contributed by atoms with Crippen LogP contribution in [0.5, 0.6) is 0 Å². The molecule has 0 radical (unpaired) electrons. The summed E-state index contributed by atoms with van der Waals surface area (Å²) in [6.45, 7) is 16.6. The molecule has 1 aromatic heterocycles. The summed E-state index contributed by atoms with van der Waals surface area (Å²) >= 11 is 0. The van der Waals surface area contributed by atoms with Crippen LogP contribution in [0.25, 0.3) is 4.85 Å². The van der Waals surface area contributed by atoms with Gasteiger partial charge in [-0.2, -0.15) is 0 Å². The summed E-state index contributed by atoms with van der Waals surface area (Å²) in [6, 6.07) is 3.52. The third-order valence-corrected chi connectivity index (χ3v) is 3.90. The lowest BCUT2D eigenvalue weighted by Crippen LogP contribution is -2.49. The molecule has 5 heteroatoms. The molecule has 0 atom stereocenters. The summed E-state index contributed by atoms with van der Waals surface area (Å²) < 4.78 is 0. The third-order valence-electron chi connectivity index (χ3n) is 3.90. The first-order valence-electron chi connectivity index (χ1n) is 7.75. The van der Waals surface area contributed by atoms with Crippen LogP contribution in [0.1, 0.15) is 33.6 Å². The predicted molar refractivity (Wildman–Crippen MR) is 88.0 cm³/mol. The van der Waals surface area contributed by atoms with Crippen molar-refractivity contribution in [1.82, 2.24) is 9.88 Å². The second-order valence-corrected chi connectivity index (χ2v) is 6.91. The molecule has 0 N–H and O–H groups in total. The van der Waals surface area contributed by atoms with E-state index >= 15 is 0 Å². The number of anilines is 1. The molecule has 22 heavy (non-hydrogen) atoms. The maximum absolute atomic E-state index is 12.2. The number of pyridine rings is 1. The molecule has 0 aromatic carbocycles. The summed E-state index contributed by atoms with van der Waals surface area (Å²) in [5.41, 5.74) is 0.801. The van der Waals surface area contributed by atoms with Crippen LogP contribution in [0.4, 0.5) is 11.5 Å². The first-order valence-corrected chi connectivity index (χ1v) is 7.75. The molecule has 118 valence electrons. The number of amides is 1. The van der Waals surface area contributed by atoms with Crippen LogP contribution < -0.4 is 4.90 Å². The smallest absolute Gasteiger partial charge is 0.222 e. The SMILES string of the molecule is [C-]#[N+]c1ccnc(N2CCN(C(=O)CCC(C)(C)C)CC2)c1. The zero-order valence-corrected chi connectivity index (χ0v) is 13.7. The maximum atomic E-state index is 12.2. The van der Waals surface area contributed by atoms with Crippen LogP contribution in [0.2, 0.25) is 0 Å². The molecule has 0 unspecified atom stereocenters. The van der Waals surface area contributed by atoms with E-state index in [1.54, 1.807) is 12.3 Å². The highest BCUT2D eigenvalue weighted by Gasteiger charge is 2.23. The van der Waals surface area contributed by atoms with Gasteiger partial charge >= 0.3 is 0 Å². The van der Waals surface area contributed by atoms with E-state index in [1.807, 2.05) is 11.0 Å². The van der Waals surface area contributed by atoms with Crippen molar-refractivity contribution in [3.63, 3.8) is 0 Å². The van der Waals surface area contributed by atoms with E-state index in [1.165, 1.54) is 0 Å². The highest BCUT2D eigenvalue weighted by Crippen LogP contribution is 2.23. The Morgan fingerprint density at radius 3 is 2.59 bits per heavy atom. The van der Waals surface area contributed by atoms with Gasteiger partial charge in [0.05, 0.1) is 6.57 Å². The Hall–Kier alpha value is -2.09. The van der Waals surface area contributed by atoms with Crippen molar-refractivity contribution in [1.29, 1.82) is 0 Å². The van der Waals surface area contributed by atoms with Gasteiger partial charge in [-0.15, -0.1) is 0 Å². The monoisotopic (exact) mass is 300 g/mol. The first kappa shape index (κ1) is 16.3. The number of piperazine rings is 1. The Balaban J connectivity index is 1.87. The van der Waals surface area contributed by atoms with E-state index < -0.39 is 0 Å². The molecule has 0 saturated carbocycles. The lowest BCUT2D eigenvalue weighted by Gasteiger charge is -2.36. The zero-order valence-electron chi connectivity index (χ0n) is 13.7. The Morgan fingerprint density at radius 1 is 1.32 bits per heavy atom. The van der Waals surface area contributed by atoms with Gasteiger partial charge in [0.25, 0.3) is 0 Å². The molecule has 0 bridgehead atoms. The van der Waals surface area contributed by atoms with Crippen molar-refractivity contribution >= 4 is 17.4 Å². The Morgan fingerprint density at radius 2 is 2.00 bits per heavy atom. The summed E-state index contributed by atoms with van der Waals surface area (Å²) in [6.07, 6.45) is 3.21. The van der Waals surface area contributed by atoms with E-state index in [9.17, 15) is 4.79 Å². The largest absolute Gasteiger partial charge is 0.354 e. The average molecular weight is 300 g/mol. The van der Waals surface area contributed by atoms with Crippen molar-refractivity contribution < 1.29 is 4.79 Å². The van der Waals surface area contributed by atoms with Crippen LogP contribution >= 0.6 is 0 Å². The van der Waals surface area contributed by atoms with Gasteiger partial charge in [-0.25, -0.2) is 9.83 Å². The van der Waals surface area contributed by atoms with Gasteiger partial charge < -0.3 is 9.80 Å². The standard InChI is InChI=1S/C17H24N4O/c1-17(2,3)7-5-16(22)21-11-9-20(10-12-21)15-13-14(18-4)6-8-19-15/h6,8,13H,5,7,9-12H2,1-3H3. The molecular formula is C17H24N4O. The second kappa shape index (κ2) is 6.78. The summed E-state index contributed by atoms with van der Waals surface area (Å²) in [7, 11) is 0. The minimum absolute atomic E-state index is 0.196. The maximum Gasteiger partial charge on any atom is 0.222 e. The lowest BCUT2D eigenvalue weighted by atomic mass is 9.90. The molecule has 1 aromatic rings. The fourth-order valence-electron chi connectivity index (χ4n) is 2.48. The first-order chi connectivity index (χ1) is 10.4. The second-order valence-electron chi connectivity index (χ2n) is 6.91. The van der Waals surface area contributed by atoms with E-state index in [2.05, 4.69) is 35.5 Å². The van der Waals surface area contributed by atoms with Gasteiger partial charge in [0.15, 0.2) is 5.69 Å². The number of carbonyl (C=O) groups is 1. The summed E-state index contributed by atoms with van der Waals surface area (Å²) in [5.74, 6) is 1.08. The minimum Gasteiger partial charge on any atom is -0.354 e. The van der Waals surface area contributed by atoms with Crippen LogP contribution in [-0.2, 0) is 4.79 Å². The van der Waals surface area contributed by atoms with E-state index in [4.69, 9.17) is 6.57 Å². The van der Waals surface area contributed by atoms with E-state index in [0.717, 1.165) is 38.4 Å². The number of rotatable bonds is 3. The van der Waals surface area contributed by atoms with Crippen LogP contribution in [0.3, 0.4) is 0 Å². The van der Waals surface area contributed by atoms with E-state index in [0.29, 0.717) is 12.1 Å². The highest BCUT2D eigenvalue weighted by atomic mass is 16.2. The molecule has 2 rings (SSSR count). The molecule has 5 nitrogen and oxygen atoms in total. The normalized spacial score (nSPS) is 15.5. The Bertz CT molecular complexity index is 563. The van der Waals surface area contributed by atoms with Crippen LogP contribution in [0, 0.1) is 12.0 Å². The summed E-state index contributed by atoms with van der Waals surface area (Å²) in [5, 5.41) is 0. The average Bonchev–Trinajstić information content (AvgIpc) is 2.52. The van der Waals surface area contributed by atoms with Gasteiger partial charge in [0.1, 0.15) is 5.82 Å². The number of hydrogen-bond donors (Lipinski definition) is 0. The molecule has 1 aliphatic rings. The topological polar surface area (TPSA) is 40.8 Å². The van der Waals surface area contributed by atoms with E-state index in [-0.39, 0.29) is 11.3 Å². The quantitative estimate of drug-likeness (QED) is 0.805. The number of aromatic nitrogens is 1. The van der Waals surface area contributed by atoms with Gasteiger partial charge in [-0.3, -0.25) is 4.79 Å². The number of nitrogens with zero attached hydrogens (tertiary/aromatic N) is 4. The Kier molecular flexibility index (Phi) is 5.02.